The van der Waals surface area contributed by atoms with E-state index in [2.05, 4.69) is 4.74 Å². The molecule has 1 atom stereocenters. The van der Waals surface area contributed by atoms with E-state index in [1.807, 2.05) is 0 Å². The SMILES string of the molecule is CCC(C)(C)C(=O)OC(C)(C)C(C)(OCOC)C(F)(F)F. The zero-order valence-corrected chi connectivity index (χ0v) is 13.7. The molecule has 4 nitrogen and oxygen atoms in total. The molecule has 0 aromatic heterocycles. The van der Waals surface area contributed by atoms with Gasteiger partial charge in [-0.25, -0.2) is 0 Å². The summed E-state index contributed by atoms with van der Waals surface area (Å²) in [7, 11) is 1.22. The fraction of sp³-hybridized carbons (Fsp3) is 0.929. The Kier molecular flexibility index (Phi) is 6.27. The maximum absolute atomic E-state index is 13.4. The molecular formula is C14H25F3O4. The number of rotatable bonds is 7. The Bertz CT molecular complexity index is 364. The molecule has 1 unspecified atom stereocenters. The van der Waals surface area contributed by atoms with Gasteiger partial charge in [-0.3, -0.25) is 4.79 Å². The van der Waals surface area contributed by atoms with E-state index in [-0.39, 0.29) is 0 Å². The third-order valence-electron chi connectivity index (χ3n) is 3.94. The minimum Gasteiger partial charge on any atom is -0.456 e. The monoisotopic (exact) mass is 314 g/mol. The van der Waals surface area contributed by atoms with Gasteiger partial charge < -0.3 is 14.2 Å². The Morgan fingerprint density at radius 3 is 1.86 bits per heavy atom. The molecule has 0 N–H and O–H groups in total. The average molecular weight is 314 g/mol. The molecule has 0 rings (SSSR count). The first-order chi connectivity index (χ1) is 9.25. The van der Waals surface area contributed by atoms with Gasteiger partial charge >= 0.3 is 12.1 Å². The molecule has 0 aromatic carbocycles. The Labute approximate surface area is 123 Å². The Morgan fingerprint density at radius 1 is 1.05 bits per heavy atom. The number of hydrogen-bond acceptors (Lipinski definition) is 4. The van der Waals surface area contributed by atoms with Gasteiger partial charge in [0.15, 0.2) is 0 Å². The lowest BCUT2D eigenvalue weighted by Gasteiger charge is -2.44. The summed E-state index contributed by atoms with van der Waals surface area (Å²) < 4.78 is 54.7. The Balaban J connectivity index is 5.44. The summed E-state index contributed by atoms with van der Waals surface area (Å²) in [5.74, 6) is -0.702. The van der Waals surface area contributed by atoms with Crippen LogP contribution >= 0.6 is 0 Å². The lowest BCUT2D eigenvalue weighted by Crippen LogP contribution is -2.62. The molecule has 0 bridgehead atoms. The van der Waals surface area contributed by atoms with Crippen LogP contribution in [-0.4, -0.2) is 37.3 Å². The van der Waals surface area contributed by atoms with Gasteiger partial charge in [0.2, 0.25) is 5.60 Å². The molecule has 0 aliphatic rings. The van der Waals surface area contributed by atoms with Gasteiger partial charge in [0.05, 0.1) is 5.41 Å². The Morgan fingerprint density at radius 2 is 1.52 bits per heavy atom. The third-order valence-corrected chi connectivity index (χ3v) is 3.94. The van der Waals surface area contributed by atoms with Crippen molar-refractivity contribution in [2.75, 3.05) is 13.9 Å². The molecular weight excluding hydrogens is 289 g/mol. The van der Waals surface area contributed by atoms with Crippen LogP contribution in [0, 0.1) is 5.41 Å². The molecule has 0 radical (unpaired) electrons. The predicted octanol–water partition coefficient (Wildman–Crippen LogP) is 3.69. The molecule has 0 aliphatic carbocycles. The predicted molar refractivity (Wildman–Crippen MR) is 71.7 cm³/mol. The number of carbonyl (C=O) groups is 1. The van der Waals surface area contributed by atoms with Gasteiger partial charge in [0.1, 0.15) is 12.4 Å². The van der Waals surface area contributed by atoms with Crippen molar-refractivity contribution in [3.63, 3.8) is 0 Å². The van der Waals surface area contributed by atoms with Crippen LogP contribution in [0.4, 0.5) is 13.2 Å². The van der Waals surface area contributed by atoms with Crippen LogP contribution < -0.4 is 0 Å². The second-order valence-corrected chi connectivity index (χ2v) is 6.22. The number of halogens is 3. The number of methoxy groups -OCH3 is 1. The van der Waals surface area contributed by atoms with E-state index in [1.54, 1.807) is 20.8 Å². The fourth-order valence-electron chi connectivity index (χ4n) is 1.39. The van der Waals surface area contributed by atoms with Crippen molar-refractivity contribution < 1.29 is 32.2 Å². The van der Waals surface area contributed by atoms with Crippen molar-refractivity contribution in [1.29, 1.82) is 0 Å². The highest BCUT2D eigenvalue weighted by Crippen LogP contribution is 2.44. The van der Waals surface area contributed by atoms with Crippen molar-refractivity contribution in [1.82, 2.24) is 0 Å². The highest BCUT2D eigenvalue weighted by molar-refractivity contribution is 5.76. The summed E-state index contributed by atoms with van der Waals surface area (Å²) in [5, 5.41) is 0. The Hall–Kier alpha value is -0.820. The lowest BCUT2D eigenvalue weighted by molar-refractivity contribution is -0.337. The summed E-state index contributed by atoms with van der Waals surface area (Å²) in [6.45, 7) is 7.64. The van der Waals surface area contributed by atoms with Crippen LogP contribution in [0.5, 0.6) is 0 Å². The van der Waals surface area contributed by atoms with E-state index in [0.29, 0.717) is 6.42 Å². The fourth-order valence-corrected chi connectivity index (χ4v) is 1.39. The molecule has 0 aromatic rings. The van der Waals surface area contributed by atoms with E-state index in [1.165, 1.54) is 21.0 Å². The molecule has 126 valence electrons. The molecule has 0 saturated heterocycles. The molecule has 0 amide bonds. The van der Waals surface area contributed by atoms with Crippen LogP contribution in [-0.2, 0) is 19.0 Å². The van der Waals surface area contributed by atoms with Gasteiger partial charge in [-0.05, 0) is 41.0 Å². The molecule has 0 saturated carbocycles. The minimum absolute atomic E-state index is 0.448. The third kappa shape index (κ3) is 4.32. The normalized spacial score (nSPS) is 16.5. The molecule has 0 heterocycles. The number of carbonyl (C=O) groups excluding carboxylic acids is 1. The van der Waals surface area contributed by atoms with Crippen LogP contribution in [0.2, 0.25) is 0 Å². The van der Waals surface area contributed by atoms with E-state index >= 15 is 0 Å². The quantitative estimate of drug-likeness (QED) is 0.531. The van der Waals surface area contributed by atoms with Gasteiger partial charge in [0.25, 0.3) is 0 Å². The summed E-state index contributed by atoms with van der Waals surface area (Å²) in [5.41, 5.74) is -5.46. The standard InChI is InChI=1S/C14H25F3O4/c1-8-11(2,3)10(18)21-12(4,5)13(6,14(15,16)17)20-9-19-7/h8-9H2,1-7H3. The first kappa shape index (κ1) is 20.2. The van der Waals surface area contributed by atoms with Crippen molar-refractivity contribution in [3.8, 4) is 0 Å². The van der Waals surface area contributed by atoms with E-state index in [0.717, 1.165) is 6.92 Å². The minimum atomic E-state index is -4.73. The van der Waals surface area contributed by atoms with Crippen LogP contribution in [0.25, 0.3) is 0 Å². The van der Waals surface area contributed by atoms with E-state index < -0.39 is 35.6 Å². The van der Waals surface area contributed by atoms with Crippen molar-refractivity contribution in [2.24, 2.45) is 5.41 Å². The summed E-state index contributed by atoms with van der Waals surface area (Å²) in [6, 6.07) is 0. The maximum Gasteiger partial charge on any atom is 0.421 e. The first-order valence-electron chi connectivity index (χ1n) is 6.68. The second kappa shape index (κ2) is 6.52. The maximum atomic E-state index is 13.4. The van der Waals surface area contributed by atoms with Crippen molar-refractivity contribution >= 4 is 5.97 Å². The van der Waals surface area contributed by atoms with Crippen molar-refractivity contribution in [2.45, 2.75) is 65.3 Å². The van der Waals surface area contributed by atoms with E-state index in [9.17, 15) is 18.0 Å². The number of alkyl halides is 3. The largest absolute Gasteiger partial charge is 0.456 e. The zero-order chi connectivity index (χ0) is 17.1. The first-order valence-corrected chi connectivity index (χ1v) is 6.68. The van der Waals surface area contributed by atoms with Gasteiger partial charge in [-0.15, -0.1) is 0 Å². The van der Waals surface area contributed by atoms with Gasteiger partial charge in [0, 0.05) is 7.11 Å². The van der Waals surface area contributed by atoms with Gasteiger partial charge in [-0.2, -0.15) is 13.2 Å². The van der Waals surface area contributed by atoms with Gasteiger partial charge in [-0.1, -0.05) is 6.92 Å². The molecule has 21 heavy (non-hydrogen) atoms. The zero-order valence-electron chi connectivity index (χ0n) is 13.7. The highest BCUT2D eigenvalue weighted by atomic mass is 19.4. The van der Waals surface area contributed by atoms with Crippen LogP contribution in [0.1, 0.15) is 48.0 Å². The molecule has 0 spiro atoms. The lowest BCUT2D eigenvalue weighted by atomic mass is 9.85. The summed E-state index contributed by atoms with van der Waals surface area (Å²) in [6.07, 6.45) is -4.28. The molecule has 0 aliphatic heterocycles. The summed E-state index contributed by atoms with van der Waals surface area (Å²) in [4.78, 5) is 12.1. The van der Waals surface area contributed by atoms with Crippen LogP contribution in [0.3, 0.4) is 0 Å². The summed E-state index contributed by atoms with van der Waals surface area (Å²) >= 11 is 0. The molecule has 7 heteroatoms. The van der Waals surface area contributed by atoms with E-state index in [4.69, 9.17) is 9.47 Å². The highest BCUT2D eigenvalue weighted by Gasteiger charge is 2.64. The smallest absolute Gasteiger partial charge is 0.421 e. The topological polar surface area (TPSA) is 44.8 Å². The van der Waals surface area contributed by atoms with Crippen LogP contribution in [0.15, 0.2) is 0 Å². The number of ether oxygens (including phenoxy) is 3. The number of esters is 1. The average Bonchev–Trinajstić information content (AvgIpc) is 2.33. The number of hydrogen-bond donors (Lipinski definition) is 0. The van der Waals surface area contributed by atoms with Crippen molar-refractivity contribution in [3.05, 3.63) is 0 Å². The second-order valence-electron chi connectivity index (χ2n) is 6.22. The molecule has 0 fully saturated rings.